The predicted molar refractivity (Wildman–Crippen MR) is 120 cm³/mol. The van der Waals surface area contributed by atoms with Gasteiger partial charge in [0.05, 0.1) is 19.6 Å². The zero-order valence-electron chi connectivity index (χ0n) is 18.0. The topological polar surface area (TPSA) is 64.6 Å². The van der Waals surface area contributed by atoms with Gasteiger partial charge < -0.3 is 14.8 Å². The van der Waals surface area contributed by atoms with E-state index in [1.54, 1.807) is 7.11 Å². The summed E-state index contributed by atoms with van der Waals surface area (Å²) in [4.78, 5) is 26.2. The first-order valence-electron chi connectivity index (χ1n) is 10.1. The molecule has 31 heavy (non-hydrogen) atoms. The van der Waals surface area contributed by atoms with E-state index < -0.39 is 17.4 Å². The number of hydrogen-bond donors (Lipinski definition) is 1. The molecule has 0 radical (unpaired) electrons. The van der Waals surface area contributed by atoms with E-state index in [-0.39, 0.29) is 12.3 Å². The molecule has 0 aliphatic carbocycles. The molecule has 0 fully saturated rings. The van der Waals surface area contributed by atoms with Gasteiger partial charge >= 0.3 is 5.97 Å². The molecular weight excluding hydrogens is 390 g/mol. The molecule has 0 aliphatic heterocycles. The minimum Gasteiger partial charge on any atom is -0.497 e. The highest BCUT2D eigenvalue weighted by Gasteiger charge is 2.39. The van der Waals surface area contributed by atoms with Gasteiger partial charge in [-0.1, -0.05) is 72.8 Å². The van der Waals surface area contributed by atoms with Gasteiger partial charge in [-0.25, -0.2) is 4.79 Å². The van der Waals surface area contributed by atoms with Gasteiger partial charge in [0.25, 0.3) is 0 Å². The molecule has 0 saturated heterocycles. The molecule has 5 nitrogen and oxygen atoms in total. The van der Waals surface area contributed by atoms with Crippen LogP contribution in [0, 0.1) is 0 Å². The summed E-state index contributed by atoms with van der Waals surface area (Å²) in [5.74, 6) is -0.0892. The Morgan fingerprint density at radius 1 is 0.871 bits per heavy atom. The van der Waals surface area contributed by atoms with Crippen LogP contribution in [0.3, 0.4) is 0 Å². The zero-order valence-corrected chi connectivity index (χ0v) is 18.0. The molecule has 0 saturated carbocycles. The van der Waals surface area contributed by atoms with Gasteiger partial charge in [0, 0.05) is 6.42 Å². The van der Waals surface area contributed by atoms with Crippen molar-refractivity contribution in [2.75, 3.05) is 14.2 Å². The molecule has 0 unspecified atom stereocenters. The molecule has 3 rings (SSSR count). The fourth-order valence-corrected chi connectivity index (χ4v) is 3.65. The Hall–Kier alpha value is -3.60. The highest BCUT2D eigenvalue weighted by atomic mass is 16.5. The van der Waals surface area contributed by atoms with Crippen LogP contribution in [0.25, 0.3) is 0 Å². The van der Waals surface area contributed by atoms with Crippen LogP contribution in [-0.2, 0) is 26.2 Å². The average Bonchev–Trinajstić information content (AvgIpc) is 2.83. The van der Waals surface area contributed by atoms with Crippen LogP contribution < -0.4 is 10.1 Å². The van der Waals surface area contributed by atoms with Crippen LogP contribution in [0.4, 0.5) is 0 Å². The van der Waals surface area contributed by atoms with Crippen LogP contribution in [0.5, 0.6) is 5.75 Å². The molecule has 160 valence electrons. The molecular formula is C26H27NO4. The highest BCUT2D eigenvalue weighted by Crippen LogP contribution is 2.32. The van der Waals surface area contributed by atoms with Crippen LogP contribution in [0.2, 0.25) is 0 Å². The highest BCUT2D eigenvalue weighted by molar-refractivity contribution is 5.94. The Morgan fingerprint density at radius 3 is 1.97 bits per heavy atom. The van der Waals surface area contributed by atoms with Gasteiger partial charge in [0.15, 0.2) is 0 Å². The summed E-state index contributed by atoms with van der Waals surface area (Å²) in [5.41, 5.74) is 1.55. The van der Waals surface area contributed by atoms with E-state index in [1.165, 1.54) is 7.11 Å². The third-order valence-corrected chi connectivity index (χ3v) is 5.52. The minimum atomic E-state index is -0.983. The third kappa shape index (κ3) is 4.94. The minimum absolute atomic E-state index is 0.275. The van der Waals surface area contributed by atoms with Gasteiger partial charge in [-0.2, -0.15) is 0 Å². The van der Waals surface area contributed by atoms with Crippen molar-refractivity contribution in [2.24, 2.45) is 0 Å². The first-order valence-corrected chi connectivity index (χ1v) is 10.1. The smallest absolute Gasteiger partial charge is 0.328 e. The number of rotatable bonds is 8. The predicted octanol–water partition coefficient (Wildman–Crippen LogP) is 3.90. The van der Waals surface area contributed by atoms with E-state index >= 15 is 0 Å². The maximum Gasteiger partial charge on any atom is 0.328 e. The lowest BCUT2D eigenvalue weighted by molar-refractivity contribution is -0.145. The number of esters is 1. The first-order chi connectivity index (χ1) is 15.0. The Balaban J connectivity index is 1.94. The van der Waals surface area contributed by atoms with Crippen LogP contribution >= 0.6 is 0 Å². The Morgan fingerprint density at radius 2 is 1.45 bits per heavy atom. The van der Waals surface area contributed by atoms with E-state index in [0.717, 1.165) is 16.7 Å². The third-order valence-electron chi connectivity index (χ3n) is 5.52. The van der Waals surface area contributed by atoms with Crippen LogP contribution in [-0.4, -0.2) is 32.1 Å². The maximum absolute atomic E-state index is 13.7. The molecule has 0 spiro atoms. The second-order valence-corrected chi connectivity index (χ2v) is 7.46. The molecule has 1 atom stereocenters. The van der Waals surface area contributed by atoms with E-state index in [0.29, 0.717) is 5.75 Å². The Kier molecular flexibility index (Phi) is 7.08. The van der Waals surface area contributed by atoms with Gasteiger partial charge in [-0.15, -0.1) is 0 Å². The monoisotopic (exact) mass is 417 g/mol. The fourth-order valence-electron chi connectivity index (χ4n) is 3.65. The van der Waals surface area contributed by atoms with Crippen molar-refractivity contribution in [3.05, 3.63) is 102 Å². The summed E-state index contributed by atoms with van der Waals surface area (Å²) in [7, 11) is 2.91. The molecule has 1 N–H and O–H groups in total. The van der Waals surface area contributed by atoms with Crippen molar-refractivity contribution in [1.82, 2.24) is 5.32 Å². The molecule has 3 aromatic carbocycles. The largest absolute Gasteiger partial charge is 0.497 e. The fraction of sp³-hybridized carbons (Fsp3) is 0.231. The number of ether oxygens (including phenoxy) is 2. The molecule has 0 bridgehead atoms. The van der Waals surface area contributed by atoms with Crippen molar-refractivity contribution in [3.63, 3.8) is 0 Å². The van der Waals surface area contributed by atoms with E-state index in [2.05, 4.69) is 5.32 Å². The number of amides is 1. The molecule has 0 aromatic heterocycles. The molecule has 1 amide bonds. The second kappa shape index (κ2) is 9.94. The van der Waals surface area contributed by atoms with Gasteiger partial charge in [-0.05, 0) is 35.7 Å². The number of hydrogen-bond acceptors (Lipinski definition) is 4. The normalized spacial score (nSPS) is 12.0. The summed E-state index contributed by atoms with van der Waals surface area (Å²) in [6.07, 6.45) is 0.287. The van der Waals surface area contributed by atoms with E-state index in [9.17, 15) is 9.59 Å². The quantitative estimate of drug-likeness (QED) is 0.565. The summed E-state index contributed by atoms with van der Waals surface area (Å²) in [6.45, 7) is 1.87. The SMILES string of the molecule is COC(=O)[C@@H](Cc1cccc(OC)c1)NC(=O)C(C)(c1ccccc1)c1ccccc1. The van der Waals surface area contributed by atoms with Gasteiger partial charge in [0.2, 0.25) is 5.91 Å². The molecule has 0 heterocycles. The lowest BCUT2D eigenvalue weighted by atomic mass is 9.75. The van der Waals surface area contributed by atoms with E-state index in [4.69, 9.17) is 9.47 Å². The lowest BCUT2D eigenvalue weighted by Crippen LogP contribution is -2.51. The standard InChI is InChI=1S/C26H27NO4/c1-26(20-12-6-4-7-13-20,21-14-8-5-9-15-21)25(29)27-23(24(28)31-3)18-19-11-10-16-22(17-19)30-2/h4-17,23H,18H2,1-3H3,(H,27,29)/t23-/m1/s1. The van der Waals surface area contributed by atoms with Gasteiger partial charge in [-0.3, -0.25) is 4.79 Å². The summed E-state index contributed by atoms with van der Waals surface area (Å²) < 4.78 is 10.3. The second-order valence-electron chi connectivity index (χ2n) is 7.46. The van der Waals surface area contributed by atoms with Crippen molar-refractivity contribution in [1.29, 1.82) is 0 Å². The lowest BCUT2D eigenvalue weighted by Gasteiger charge is -2.31. The number of methoxy groups -OCH3 is 2. The van der Waals surface area contributed by atoms with Crippen molar-refractivity contribution >= 4 is 11.9 Å². The average molecular weight is 418 g/mol. The first kappa shape index (κ1) is 22.1. The number of benzene rings is 3. The van der Waals surface area contributed by atoms with Gasteiger partial charge in [0.1, 0.15) is 11.8 Å². The van der Waals surface area contributed by atoms with Crippen LogP contribution in [0.1, 0.15) is 23.6 Å². The number of nitrogens with one attached hydrogen (secondary N) is 1. The molecule has 0 aliphatic rings. The molecule has 3 aromatic rings. The Labute approximate surface area is 183 Å². The maximum atomic E-state index is 13.7. The molecule has 5 heteroatoms. The Bertz CT molecular complexity index is 978. The van der Waals surface area contributed by atoms with Crippen molar-refractivity contribution in [2.45, 2.75) is 24.8 Å². The van der Waals surface area contributed by atoms with Crippen molar-refractivity contribution in [3.8, 4) is 5.75 Å². The number of carbonyl (C=O) groups is 2. The van der Waals surface area contributed by atoms with E-state index in [1.807, 2.05) is 91.9 Å². The van der Waals surface area contributed by atoms with Crippen molar-refractivity contribution < 1.29 is 19.1 Å². The zero-order chi connectivity index (χ0) is 22.3. The number of carbonyl (C=O) groups excluding carboxylic acids is 2. The van der Waals surface area contributed by atoms with Crippen LogP contribution in [0.15, 0.2) is 84.9 Å². The summed E-state index contributed by atoms with van der Waals surface area (Å²) in [6, 6.07) is 25.7. The summed E-state index contributed by atoms with van der Waals surface area (Å²) >= 11 is 0. The summed E-state index contributed by atoms with van der Waals surface area (Å²) in [5, 5.41) is 2.94.